The first-order valence-electron chi connectivity index (χ1n) is 11.6. The molecule has 8 nitrogen and oxygen atoms in total. The third-order valence-corrected chi connectivity index (χ3v) is 5.31. The topological polar surface area (TPSA) is 113 Å². The van der Waals surface area contributed by atoms with Gasteiger partial charge in [0.15, 0.2) is 11.6 Å². The molecule has 3 N–H and O–H groups in total. The Morgan fingerprint density at radius 1 is 1.31 bits per heavy atom. The molecule has 190 valence electrons. The minimum atomic E-state index is -1.20. The molecule has 0 radical (unpaired) electrons. The zero-order valence-electron chi connectivity index (χ0n) is 20.3. The number of nitrogens with one attached hydrogen (secondary N) is 1. The van der Waals surface area contributed by atoms with Crippen molar-refractivity contribution >= 4 is 29.0 Å². The summed E-state index contributed by atoms with van der Waals surface area (Å²) in [6.07, 6.45) is 5.49. The maximum atomic E-state index is 14.9. The average molecular weight is 492 g/mol. The standard InChI is InChI=1S/C25H31F2N3O5/c1-5-34-23(32)18-13-30(15-9-10-15)21-16(20(27)19(26)11-17(21)22(18)31)8-6-7-14(28)12-29-24(33)35-25(2,3)4/h6,8,11,13-15H,5,7,9-10,12,28H2,1-4H3,(H,29,33)/b8-6-. The quantitative estimate of drug-likeness (QED) is 0.539. The van der Waals surface area contributed by atoms with Gasteiger partial charge in [0, 0.05) is 30.4 Å². The van der Waals surface area contributed by atoms with Gasteiger partial charge >= 0.3 is 12.1 Å². The smallest absolute Gasteiger partial charge is 0.407 e. The minimum Gasteiger partial charge on any atom is -0.462 e. The lowest BCUT2D eigenvalue weighted by molar-refractivity contribution is 0.0514. The molecular formula is C25H31F2N3O5. The molecule has 1 atom stereocenters. The van der Waals surface area contributed by atoms with Gasteiger partial charge in [-0.15, -0.1) is 0 Å². The van der Waals surface area contributed by atoms with Crippen LogP contribution in [-0.2, 0) is 9.47 Å². The van der Waals surface area contributed by atoms with Gasteiger partial charge in [0.1, 0.15) is 11.2 Å². The van der Waals surface area contributed by atoms with Gasteiger partial charge in [-0.1, -0.05) is 12.2 Å². The Bertz CT molecular complexity index is 1210. The molecule has 1 aliphatic carbocycles. The number of benzene rings is 1. The highest BCUT2D eigenvalue weighted by atomic mass is 19.2. The fraction of sp³-hybridized carbons (Fsp3) is 0.480. The third-order valence-electron chi connectivity index (χ3n) is 5.31. The van der Waals surface area contributed by atoms with Gasteiger partial charge in [-0.05, 0) is 53.0 Å². The summed E-state index contributed by atoms with van der Waals surface area (Å²) < 4.78 is 41.2. The van der Waals surface area contributed by atoms with Gasteiger partial charge in [-0.25, -0.2) is 18.4 Å². The van der Waals surface area contributed by atoms with Crippen molar-refractivity contribution in [3.05, 3.63) is 51.3 Å². The number of esters is 1. The predicted molar refractivity (Wildman–Crippen MR) is 128 cm³/mol. The molecule has 1 fully saturated rings. The van der Waals surface area contributed by atoms with Gasteiger partial charge in [-0.3, -0.25) is 4.79 Å². The molecule has 1 aromatic carbocycles. The Morgan fingerprint density at radius 2 is 2.00 bits per heavy atom. The van der Waals surface area contributed by atoms with E-state index in [1.807, 2.05) is 0 Å². The number of rotatable bonds is 8. The second-order valence-electron chi connectivity index (χ2n) is 9.49. The molecule has 1 saturated carbocycles. The summed E-state index contributed by atoms with van der Waals surface area (Å²) in [5.41, 5.74) is 4.55. The molecule has 1 aromatic heterocycles. The number of carbonyl (C=O) groups is 2. The second-order valence-corrected chi connectivity index (χ2v) is 9.49. The SMILES string of the molecule is CCOC(=O)c1cn(C2CC2)c2c(/C=C\CC(N)CNC(=O)OC(C)(C)C)c(F)c(F)cc2c1=O. The van der Waals surface area contributed by atoms with Crippen molar-refractivity contribution in [1.82, 2.24) is 9.88 Å². The number of hydrogen-bond donors (Lipinski definition) is 2. The lowest BCUT2D eigenvalue weighted by Crippen LogP contribution is -2.39. The van der Waals surface area contributed by atoms with E-state index in [1.165, 1.54) is 12.3 Å². The van der Waals surface area contributed by atoms with Crippen LogP contribution in [0.15, 0.2) is 23.1 Å². The molecule has 3 rings (SSSR count). The molecule has 0 spiro atoms. The van der Waals surface area contributed by atoms with E-state index < -0.39 is 40.8 Å². The van der Waals surface area contributed by atoms with E-state index in [4.69, 9.17) is 15.2 Å². The zero-order valence-corrected chi connectivity index (χ0v) is 20.3. The van der Waals surface area contributed by atoms with Gasteiger partial charge in [0.2, 0.25) is 5.43 Å². The van der Waals surface area contributed by atoms with Gasteiger partial charge in [0.05, 0.1) is 17.5 Å². The third kappa shape index (κ3) is 6.45. The largest absolute Gasteiger partial charge is 0.462 e. The molecule has 1 amide bonds. The lowest BCUT2D eigenvalue weighted by Gasteiger charge is -2.20. The molecule has 1 aliphatic rings. The summed E-state index contributed by atoms with van der Waals surface area (Å²) >= 11 is 0. The molecule has 0 aliphatic heterocycles. The summed E-state index contributed by atoms with van der Waals surface area (Å²) in [7, 11) is 0. The number of ether oxygens (including phenoxy) is 2. The number of carbonyl (C=O) groups excluding carboxylic acids is 2. The van der Waals surface area contributed by atoms with Crippen molar-refractivity contribution in [2.75, 3.05) is 13.2 Å². The van der Waals surface area contributed by atoms with Crippen molar-refractivity contribution in [2.24, 2.45) is 5.73 Å². The number of fused-ring (bicyclic) bond motifs is 1. The summed E-state index contributed by atoms with van der Waals surface area (Å²) in [5, 5.41) is 2.46. The summed E-state index contributed by atoms with van der Waals surface area (Å²) in [5.74, 6) is -3.11. The summed E-state index contributed by atoms with van der Waals surface area (Å²) in [6, 6.07) is 0.272. The van der Waals surface area contributed by atoms with Crippen molar-refractivity contribution in [1.29, 1.82) is 0 Å². The van der Waals surface area contributed by atoms with Crippen LogP contribution in [0.3, 0.4) is 0 Å². The fourth-order valence-corrected chi connectivity index (χ4v) is 3.61. The maximum Gasteiger partial charge on any atom is 0.407 e. The number of nitrogens with zero attached hydrogens (tertiary/aromatic N) is 1. The van der Waals surface area contributed by atoms with E-state index in [0.29, 0.717) is 0 Å². The normalized spacial score (nSPS) is 14.8. The van der Waals surface area contributed by atoms with Crippen LogP contribution < -0.4 is 16.5 Å². The van der Waals surface area contributed by atoms with Crippen molar-refractivity contribution in [2.45, 2.75) is 64.6 Å². The molecule has 2 aromatic rings. The van der Waals surface area contributed by atoms with E-state index >= 15 is 0 Å². The van der Waals surface area contributed by atoms with Crippen molar-refractivity contribution < 1.29 is 27.8 Å². The Labute approximate surface area is 202 Å². The molecule has 35 heavy (non-hydrogen) atoms. The Kier molecular flexibility index (Phi) is 7.94. The molecule has 1 unspecified atom stereocenters. The van der Waals surface area contributed by atoms with Crippen LogP contribution in [0.5, 0.6) is 0 Å². The van der Waals surface area contributed by atoms with Crippen molar-refractivity contribution in [3.63, 3.8) is 0 Å². The number of aromatic nitrogens is 1. The Hall–Kier alpha value is -3.27. The highest BCUT2D eigenvalue weighted by Gasteiger charge is 2.29. The molecule has 0 saturated heterocycles. The summed E-state index contributed by atoms with van der Waals surface area (Å²) in [4.78, 5) is 37.1. The van der Waals surface area contributed by atoms with Gasteiger partial charge in [0.25, 0.3) is 0 Å². The second kappa shape index (κ2) is 10.6. The molecule has 10 heteroatoms. The van der Waals surface area contributed by atoms with Crippen LogP contribution in [0, 0.1) is 11.6 Å². The first-order chi connectivity index (χ1) is 16.4. The van der Waals surface area contributed by atoms with Gasteiger partial charge in [-0.2, -0.15) is 0 Å². The number of pyridine rings is 1. The lowest BCUT2D eigenvalue weighted by atomic mass is 10.0. The Morgan fingerprint density at radius 3 is 2.60 bits per heavy atom. The molecule has 0 bridgehead atoms. The van der Waals surface area contributed by atoms with E-state index in [1.54, 1.807) is 38.3 Å². The zero-order chi connectivity index (χ0) is 25.9. The van der Waals surface area contributed by atoms with Crippen LogP contribution in [0.2, 0.25) is 0 Å². The van der Waals surface area contributed by atoms with Gasteiger partial charge < -0.3 is 25.1 Å². The number of hydrogen-bond acceptors (Lipinski definition) is 6. The first-order valence-corrected chi connectivity index (χ1v) is 11.6. The van der Waals surface area contributed by atoms with Crippen LogP contribution >= 0.6 is 0 Å². The highest BCUT2D eigenvalue weighted by molar-refractivity contribution is 5.96. The van der Waals surface area contributed by atoms with Crippen LogP contribution in [0.4, 0.5) is 13.6 Å². The average Bonchev–Trinajstić information content (AvgIpc) is 3.60. The number of alkyl carbamates (subject to hydrolysis) is 1. The summed E-state index contributed by atoms with van der Waals surface area (Å²) in [6.45, 7) is 7.03. The van der Waals surface area contributed by atoms with E-state index in [0.717, 1.165) is 18.9 Å². The first kappa shape index (κ1) is 26.3. The van der Waals surface area contributed by atoms with Crippen molar-refractivity contribution in [3.8, 4) is 0 Å². The highest BCUT2D eigenvalue weighted by Crippen LogP contribution is 2.38. The van der Waals surface area contributed by atoms with Crippen LogP contribution in [0.1, 0.15) is 68.9 Å². The number of nitrogens with two attached hydrogens (primary N) is 1. The maximum absolute atomic E-state index is 14.9. The van der Waals surface area contributed by atoms with Crippen LogP contribution in [0.25, 0.3) is 17.0 Å². The van der Waals surface area contributed by atoms with Crippen LogP contribution in [-0.4, -0.2) is 41.4 Å². The number of halogens is 2. The molecular weight excluding hydrogens is 460 g/mol. The van der Waals surface area contributed by atoms with E-state index in [-0.39, 0.29) is 47.6 Å². The predicted octanol–water partition coefficient (Wildman–Crippen LogP) is 4.05. The minimum absolute atomic E-state index is 0.0384. The Balaban J connectivity index is 1.91. The molecule has 1 heterocycles. The van der Waals surface area contributed by atoms with E-state index in [2.05, 4.69) is 5.32 Å². The monoisotopic (exact) mass is 491 g/mol. The fourth-order valence-electron chi connectivity index (χ4n) is 3.61. The van der Waals surface area contributed by atoms with E-state index in [9.17, 15) is 23.2 Å². The number of amides is 1.